The SMILES string of the molecule is Cc1ccc(-c2ncccc2O)c(F)c1. The molecule has 0 amide bonds. The predicted molar refractivity (Wildman–Crippen MR) is 56.0 cm³/mol. The number of benzene rings is 1. The number of hydrogen-bond acceptors (Lipinski definition) is 2. The third-order valence-electron chi connectivity index (χ3n) is 2.17. The third-order valence-corrected chi connectivity index (χ3v) is 2.17. The van der Waals surface area contributed by atoms with Crippen LogP contribution in [-0.2, 0) is 0 Å². The Balaban J connectivity index is 2.60. The molecule has 2 rings (SSSR count). The summed E-state index contributed by atoms with van der Waals surface area (Å²) in [4.78, 5) is 3.95. The van der Waals surface area contributed by atoms with Gasteiger partial charge in [0.1, 0.15) is 17.3 Å². The number of hydrogen-bond donors (Lipinski definition) is 1. The molecular weight excluding hydrogens is 193 g/mol. The summed E-state index contributed by atoms with van der Waals surface area (Å²) in [6.07, 6.45) is 1.52. The second-order valence-electron chi connectivity index (χ2n) is 3.35. The molecular formula is C12H10FNO. The van der Waals surface area contributed by atoms with Crippen LogP contribution in [0.5, 0.6) is 5.75 Å². The highest BCUT2D eigenvalue weighted by molar-refractivity contribution is 5.66. The molecule has 0 fully saturated rings. The Bertz CT molecular complexity index is 497. The van der Waals surface area contributed by atoms with Gasteiger partial charge in [0.15, 0.2) is 0 Å². The maximum atomic E-state index is 13.6. The highest BCUT2D eigenvalue weighted by Gasteiger charge is 2.09. The van der Waals surface area contributed by atoms with E-state index in [-0.39, 0.29) is 17.3 Å². The van der Waals surface area contributed by atoms with Gasteiger partial charge in [-0.25, -0.2) is 4.39 Å². The molecule has 0 atom stereocenters. The van der Waals surface area contributed by atoms with Gasteiger partial charge in [0, 0.05) is 11.8 Å². The maximum absolute atomic E-state index is 13.6. The van der Waals surface area contributed by atoms with E-state index in [4.69, 9.17) is 0 Å². The summed E-state index contributed by atoms with van der Waals surface area (Å²) in [6, 6.07) is 7.91. The Morgan fingerprint density at radius 1 is 1.27 bits per heavy atom. The van der Waals surface area contributed by atoms with Gasteiger partial charge < -0.3 is 5.11 Å². The molecule has 1 N–H and O–H groups in total. The monoisotopic (exact) mass is 203 g/mol. The summed E-state index contributed by atoms with van der Waals surface area (Å²) in [6.45, 7) is 1.81. The van der Waals surface area contributed by atoms with Crippen LogP contribution in [0.2, 0.25) is 0 Å². The zero-order chi connectivity index (χ0) is 10.8. The fourth-order valence-electron chi connectivity index (χ4n) is 1.42. The lowest BCUT2D eigenvalue weighted by Crippen LogP contribution is -1.88. The Labute approximate surface area is 87.0 Å². The summed E-state index contributed by atoms with van der Waals surface area (Å²) >= 11 is 0. The molecule has 2 nitrogen and oxygen atoms in total. The number of aromatic nitrogens is 1. The van der Waals surface area contributed by atoms with Gasteiger partial charge in [-0.1, -0.05) is 6.07 Å². The Kier molecular flexibility index (Phi) is 2.37. The minimum atomic E-state index is -0.371. The number of halogens is 1. The lowest BCUT2D eigenvalue weighted by atomic mass is 10.1. The second-order valence-corrected chi connectivity index (χ2v) is 3.35. The first-order chi connectivity index (χ1) is 7.18. The summed E-state index contributed by atoms with van der Waals surface area (Å²) in [5, 5.41) is 9.53. The molecule has 0 bridgehead atoms. The molecule has 0 aliphatic heterocycles. The van der Waals surface area contributed by atoms with Gasteiger partial charge in [0.25, 0.3) is 0 Å². The minimum Gasteiger partial charge on any atom is -0.506 e. The molecule has 3 heteroatoms. The van der Waals surface area contributed by atoms with E-state index in [1.54, 1.807) is 18.2 Å². The van der Waals surface area contributed by atoms with Crippen molar-refractivity contribution in [1.29, 1.82) is 0 Å². The van der Waals surface area contributed by atoms with E-state index in [0.29, 0.717) is 5.56 Å². The molecule has 76 valence electrons. The molecule has 0 radical (unpaired) electrons. The van der Waals surface area contributed by atoms with Crippen LogP contribution in [-0.4, -0.2) is 10.1 Å². The highest BCUT2D eigenvalue weighted by atomic mass is 19.1. The van der Waals surface area contributed by atoms with Crippen LogP contribution in [0, 0.1) is 12.7 Å². The standard InChI is InChI=1S/C12H10FNO/c1-8-4-5-9(10(13)7-8)12-11(15)3-2-6-14-12/h2-7,15H,1H3. The average Bonchev–Trinajstić information content (AvgIpc) is 2.20. The van der Waals surface area contributed by atoms with Crippen LogP contribution in [0.15, 0.2) is 36.5 Å². The average molecular weight is 203 g/mol. The van der Waals surface area contributed by atoms with E-state index in [0.717, 1.165) is 5.56 Å². The minimum absolute atomic E-state index is 0.0137. The number of pyridine rings is 1. The maximum Gasteiger partial charge on any atom is 0.141 e. The van der Waals surface area contributed by atoms with E-state index < -0.39 is 0 Å². The van der Waals surface area contributed by atoms with E-state index in [2.05, 4.69) is 4.98 Å². The van der Waals surface area contributed by atoms with Gasteiger partial charge in [-0.3, -0.25) is 4.98 Å². The Morgan fingerprint density at radius 3 is 2.73 bits per heavy atom. The van der Waals surface area contributed by atoms with Crippen molar-refractivity contribution in [2.75, 3.05) is 0 Å². The first-order valence-corrected chi connectivity index (χ1v) is 4.59. The quantitative estimate of drug-likeness (QED) is 0.773. The molecule has 0 aliphatic rings. The van der Waals surface area contributed by atoms with Crippen LogP contribution in [0.1, 0.15) is 5.56 Å². The van der Waals surface area contributed by atoms with Crippen LogP contribution in [0.3, 0.4) is 0 Å². The van der Waals surface area contributed by atoms with Crippen LogP contribution < -0.4 is 0 Å². The van der Waals surface area contributed by atoms with Gasteiger partial charge in [0.2, 0.25) is 0 Å². The molecule has 0 unspecified atom stereocenters. The van der Waals surface area contributed by atoms with Crippen molar-refractivity contribution in [2.45, 2.75) is 6.92 Å². The number of aromatic hydroxyl groups is 1. The van der Waals surface area contributed by atoms with E-state index >= 15 is 0 Å². The molecule has 0 spiro atoms. The second kappa shape index (κ2) is 3.69. The fourth-order valence-corrected chi connectivity index (χ4v) is 1.42. The van der Waals surface area contributed by atoms with Gasteiger partial charge in [-0.05, 0) is 36.8 Å². The lowest BCUT2D eigenvalue weighted by Gasteiger charge is -2.05. The molecule has 0 saturated heterocycles. The van der Waals surface area contributed by atoms with Crippen molar-refractivity contribution >= 4 is 0 Å². The normalized spacial score (nSPS) is 10.3. The van der Waals surface area contributed by atoms with Gasteiger partial charge in [0.05, 0.1) is 0 Å². The number of nitrogens with zero attached hydrogens (tertiary/aromatic N) is 1. The fraction of sp³-hybridized carbons (Fsp3) is 0.0833. The summed E-state index contributed by atoms with van der Waals surface area (Å²) < 4.78 is 13.6. The Morgan fingerprint density at radius 2 is 2.07 bits per heavy atom. The Hall–Kier alpha value is -1.90. The molecule has 1 heterocycles. The molecule has 0 aliphatic carbocycles. The van der Waals surface area contributed by atoms with Crippen molar-refractivity contribution in [2.24, 2.45) is 0 Å². The van der Waals surface area contributed by atoms with Crippen LogP contribution in [0.4, 0.5) is 4.39 Å². The van der Waals surface area contributed by atoms with E-state index in [9.17, 15) is 9.50 Å². The first-order valence-electron chi connectivity index (χ1n) is 4.59. The smallest absolute Gasteiger partial charge is 0.141 e. The van der Waals surface area contributed by atoms with Gasteiger partial charge in [-0.2, -0.15) is 0 Å². The van der Waals surface area contributed by atoms with Crippen molar-refractivity contribution in [1.82, 2.24) is 4.98 Å². The van der Waals surface area contributed by atoms with Crippen molar-refractivity contribution < 1.29 is 9.50 Å². The molecule has 15 heavy (non-hydrogen) atoms. The third kappa shape index (κ3) is 1.81. The zero-order valence-corrected chi connectivity index (χ0v) is 8.24. The molecule has 1 aromatic heterocycles. The first kappa shape index (κ1) is 9.65. The molecule has 0 saturated carbocycles. The summed E-state index contributed by atoms with van der Waals surface area (Å²) in [7, 11) is 0. The van der Waals surface area contributed by atoms with Gasteiger partial charge >= 0.3 is 0 Å². The lowest BCUT2D eigenvalue weighted by molar-refractivity contribution is 0.474. The predicted octanol–water partition coefficient (Wildman–Crippen LogP) is 2.90. The van der Waals surface area contributed by atoms with Crippen LogP contribution in [0.25, 0.3) is 11.3 Å². The molecule has 1 aromatic carbocycles. The number of aryl methyl sites for hydroxylation is 1. The van der Waals surface area contributed by atoms with E-state index in [1.807, 2.05) is 6.92 Å². The molecule has 2 aromatic rings. The van der Waals surface area contributed by atoms with Crippen molar-refractivity contribution in [3.05, 3.63) is 47.9 Å². The summed E-state index contributed by atoms with van der Waals surface area (Å²) in [5.41, 5.74) is 1.43. The van der Waals surface area contributed by atoms with E-state index in [1.165, 1.54) is 18.3 Å². The van der Waals surface area contributed by atoms with Gasteiger partial charge in [-0.15, -0.1) is 0 Å². The van der Waals surface area contributed by atoms with Crippen molar-refractivity contribution in [3.63, 3.8) is 0 Å². The topological polar surface area (TPSA) is 33.1 Å². The van der Waals surface area contributed by atoms with Crippen molar-refractivity contribution in [3.8, 4) is 17.0 Å². The zero-order valence-electron chi connectivity index (χ0n) is 8.24. The van der Waals surface area contributed by atoms with Crippen LogP contribution >= 0.6 is 0 Å². The largest absolute Gasteiger partial charge is 0.506 e. The summed E-state index contributed by atoms with van der Waals surface area (Å²) in [5.74, 6) is -0.385. The highest BCUT2D eigenvalue weighted by Crippen LogP contribution is 2.28. The number of rotatable bonds is 1.